The fourth-order valence-electron chi connectivity index (χ4n) is 1.66. The molecule has 4 heteroatoms. The van der Waals surface area contributed by atoms with Crippen LogP contribution in [0.3, 0.4) is 0 Å². The molecule has 86 valence electrons. The minimum atomic E-state index is -0.0925. The van der Waals surface area contributed by atoms with Crippen LogP contribution in [0.15, 0.2) is 42.1 Å². The maximum absolute atomic E-state index is 6.02. The van der Waals surface area contributed by atoms with Crippen molar-refractivity contribution in [1.29, 1.82) is 0 Å². The first-order chi connectivity index (χ1) is 7.81. The number of benzene rings is 1. The summed E-state index contributed by atoms with van der Waals surface area (Å²) in [5.41, 5.74) is 1.89. The Hall–Kier alpha value is -1.03. The van der Waals surface area contributed by atoms with E-state index in [0.29, 0.717) is 13.2 Å². The van der Waals surface area contributed by atoms with E-state index in [-0.39, 0.29) is 5.38 Å². The molecule has 0 bridgehead atoms. The Balaban J connectivity index is 2.23. The third-order valence-corrected chi connectivity index (χ3v) is 2.59. The predicted molar refractivity (Wildman–Crippen MR) is 64.5 cm³/mol. The van der Waals surface area contributed by atoms with Crippen molar-refractivity contribution in [2.24, 2.45) is 0 Å². The highest BCUT2D eigenvalue weighted by Gasteiger charge is 2.18. The molecule has 0 N–H and O–H groups in total. The molecule has 1 atom stereocenters. The summed E-state index contributed by atoms with van der Waals surface area (Å²) < 4.78 is 5.38. The van der Waals surface area contributed by atoms with Gasteiger partial charge in [0, 0.05) is 0 Å². The SMILES string of the molecule is CON(C1=CC(Cl)COC1)c1ccccc1. The molecule has 0 radical (unpaired) electrons. The van der Waals surface area contributed by atoms with Crippen LogP contribution < -0.4 is 5.06 Å². The van der Waals surface area contributed by atoms with Gasteiger partial charge in [0.2, 0.25) is 0 Å². The van der Waals surface area contributed by atoms with Gasteiger partial charge in [-0.25, -0.2) is 5.06 Å². The van der Waals surface area contributed by atoms with Crippen molar-refractivity contribution >= 4 is 17.3 Å². The van der Waals surface area contributed by atoms with Gasteiger partial charge in [0.15, 0.2) is 0 Å². The number of halogens is 1. The number of ether oxygens (including phenoxy) is 1. The number of hydrogen-bond acceptors (Lipinski definition) is 3. The van der Waals surface area contributed by atoms with Crippen molar-refractivity contribution < 1.29 is 9.57 Å². The average molecular weight is 240 g/mol. The average Bonchev–Trinajstić information content (AvgIpc) is 2.31. The summed E-state index contributed by atoms with van der Waals surface area (Å²) >= 11 is 6.02. The standard InChI is InChI=1S/C12H14ClNO2/c1-15-14(11-5-3-2-4-6-11)12-7-10(13)8-16-9-12/h2-7,10H,8-9H2,1H3. The summed E-state index contributed by atoms with van der Waals surface area (Å²) in [4.78, 5) is 5.35. The van der Waals surface area contributed by atoms with Crippen LogP contribution in [-0.2, 0) is 9.57 Å². The Morgan fingerprint density at radius 2 is 2.12 bits per heavy atom. The Morgan fingerprint density at radius 1 is 1.38 bits per heavy atom. The van der Waals surface area contributed by atoms with Crippen LogP contribution in [0.4, 0.5) is 5.69 Å². The lowest BCUT2D eigenvalue weighted by molar-refractivity contribution is 0.119. The molecule has 1 aliphatic rings. The molecule has 0 fully saturated rings. The van der Waals surface area contributed by atoms with E-state index in [4.69, 9.17) is 21.2 Å². The molecule has 0 saturated carbocycles. The van der Waals surface area contributed by atoms with E-state index in [0.717, 1.165) is 11.4 Å². The Morgan fingerprint density at radius 3 is 2.75 bits per heavy atom. The number of nitrogens with zero attached hydrogens (tertiary/aromatic N) is 1. The molecule has 16 heavy (non-hydrogen) atoms. The van der Waals surface area contributed by atoms with Gasteiger partial charge in [-0.05, 0) is 18.2 Å². The fraction of sp³-hybridized carbons (Fsp3) is 0.333. The minimum Gasteiger partial charge on any atom is -0.373 e. The molecule has 1 unspecified atom stereocenters. The molecule has 1 heterocycles. The zero-order chi connectivity index (χ0) is 11.4. The van der Waals surface area contributed by atoms with Crippen LogP contribution in [0.2, 0.25) is 0 Å². The first-order valence-electron chi connectivity index (χ1n) is 5.13. The van der Waals surface area contributed by atoms with Gasteiger partial charge in [0.25, 0.3) is 0 Å². The van der Waals surface area contributed by atoms with E-state index in [1.807, 2.05) is 36.4 Å². The van der Waals surface area contributed by atoms with Crippen LogP contribution >= 0.6 is 11.6 Å². The summed E-state index contributed by atoms with van der Waals surface area (Å²) in [6.45, 7) is 1.07. The number of rotatable bonds is 3. The lowest BCUT2D eigenvalue weighted by Gasteiger charge is -2.28. The van der Waals surface area contributed by atoms with Crippen LogP contribution in [-0.4, -0.2) is 25.7 Å². The van der Waals surface area contributed by atoms with Gasteiger partial charge in [-0.15, -0.1) is 11.6 Å². The number of hydroxylamine groups is 1. The molecular formula is C12H14ClNO2. The second-order valence-electron chi connectivity index (χ2n) is 3.50. The van der Waals surface area contributed by atoms with E-state index in [1.165, 1.54) is 0 Å². The second-order valence-corrected chi connectivity index (χ2v) is 4.06. The summed E-state index contributed by atoms with van der Waals surface area (Å²) in [7, 11) is 1.63. The highest BCUT2D eigenvalue weighted by molar-refractivity contribution is 6.22. The number of alkyl halides is 1. The maximum Gasteiger partial charge on any atom is 0.0891 e. The highest BCUT2D eigenvalue weighted by atomic mass is 35.5. The van der Waals surface area contributed by atoms with Gasteiger partial charge in [-0.2, -0.15) is 0 Å². The van der Waals surface area contributed by atoms with Crippen molar-refractivity contribution in [1.82, 2.24) is 0 Å². The van der Waals surface area contributed by atoms with Crippen LogP contribution in [0.25, 0.3) is 0 Å². The van der Waals surface area contributed by atoms with Gasteiger partial charge in [-0.3, -0.25) is 4.84 Å². The zero-order valence-corrected chi connectivity index (χ0v) is 9.85. The van der Waals surface area contributed by atoms with Crippen molar-refractivity contribution in [2.75, 3.05) is 25.4 Å². The Labute approximate surface area is 100 Å². The summed E-state index contributed by atoms with van der Waals surface area (Å²) in [5.74, 6) is 0. The summed E-state index contributed by atoms with van der Waals surface area (Å²) in [6, 6.07) is 9.84. The van der Waals surface area contributed by atoms with E-state index in [9.17, 15) is 0 Å². The second kappa shape index (κ2) is 5.34. The minimum absolute atomic E-state index is 0.0925. The van der Waals surface area contributed by atoms with Crippen molar-refractivity contribution in [3.05, 3.63) is 42.1 Å². The fourth-order valence-corrected chi connectivity index (χ4v) is 1.89. The third-order valence-electron chi connectivity index (χ3n) is 2.33. The molecule has 1 aromatic rings. The molecule has 0 saturated heterocycles. The largest absolute Gasteiger partial charge is 0.373 e. The van der Waals surface area contributed by atoms with Crippen molar-refractivity contribution in [2.45, 2.75) is 5.38 Å². The first-order valence-corrected chi connectivity index (χ1v) is 5.56. The van der Waals surface area contributed by atoms with Crippen LogP contribution in [0.1, 0.15) is 0 Å². The maximum atomic E-state index is 6.02. The van der Waals surface area contributed by atoms with E-state index < -0.39 is 0 Å². The first kappa shape index (κ1) is 11.5. The summed E-state index contributed by atoms with van der Waals surface area (Å²) in [5, 5.41) is 1.64. The van der Waals surface area contributed by atoms with E-state index >= 15 is 0 Å². The molecule has 1 aromatic carbocycles. The van der Waals surface area contributed by atoms with Gasteiger partial charge in [0.1, 0.15) is 0 Å². The molecular weight excluding hydrogens is 226 g/mol. The summed E-state index contributed by atoms with van der Waals surface area (Å²) in [6.07, 6.45) is 1.96. The normalized spacial score (nSPS) is 20.4. The zero-order valence-electron chi connectivity index (χ0n) is 9.10. The molecule has 0 aromatic heterocycles. The monoisotopic (exact) mass is 239 g/mol. The van der Waals surface area contributed by atoms with Crippen LogP contribution in [0, 0.1) is 0 Å². The topological polar surface area (TPSA) is 21.7 Å². The van der Waals surface area contributed by atoms with Gasteiger partial charge < -0.3 is 4.74 Å². The van der Waals surface area contributed by atoms with Crippen molar-refractivity contribution in [3.8, 4) is 0 Å². The highest BCUT2D eigenvalue weighted by Crippen LogP contribution is 2.22. The predicted octanol–water partition coefficient (Wildman–Crippen LogP) is 2.58. The van der Waals surface area contributed by atoms with E-state index in [2.05, 4.69) is 0 Å². The van der Waals surface area contributed by atoms with Gasteiger partial charge in [-0.1, -0.05) is 18.2 Å². The van der Waals surface area contributed by atoms with Crippen LogP contribution in [0.5, 0.6) is 0 Å². The molecule has 0 amide bonds. The third kappa shape index (κ3) is 2.55. The van der Waals surface area contributed by atoms with Gasteiger partial charge in [0.05, 0.1) is 37.1 Å². The molecule has 1 aliphatic heterocycles. The lowest BCUT2D eigenvalue weighted by Crippen LogP contribution is -2.29. The molecule has 0 aliphatic carbocycles. The molecule has 3 nitrogen and oxygen atoms in total. The molecule has 2 rings (SSSR count). The van der Waals surface area contributed by atoms with Crippen molar-refractivity contribution in [3.63, 3.8) is 0 Å². The smallest absolute Gasteiger partial charge is 0.0891 e. The lowest BCUT2D eigenvalue weighted by atomic mass is 10.2. The Bertz CT molecular complexity index is 367. The number of anilines is 1. The Kier molecular flexibility index (Phi) is 3.83. The van der Waals surface area contributed by atoms with E-state index in [1.54, 1.807) is 12.2 Å². The number of para-hydroxylation sites is 1. The van der Waals surface area contributed by atoms with Gasteiger partial charge >= 0.3 is 0 Å². The quantitative estimate of drug-likeness (QED) is 0.598. The molecule has 0 spiro atoms. The number of hydrogen-bond donors (Lipinski definition) is 0.